The predicted molar refractivity (Wildman–Crippen MR) is 64.6 cm³/mol. The van der Waals surface area contributed by atoms with E-state index in [0.29, 0.717) is 5.56 Å². The Morgan fingerprint density at radius 1 is 1.22 bits per heavy atom. The SMILES string of the molecule is O=C(Cc1ccccc1O)Nc1cccc(F)n1. The van der Waals surface area contributed by atoms with E-state index in [-0.39, 0.29) is 23.9 Å². The van der Waals surface area contributed by atoms with Crippen LogP contribution in [0.25, 0.3) is 0 Å². The molecule has 0 saturated carbocycles. The molecular weight excluding hydrogens is 235 g/mol. The van der Waals surface area contributed by atoms with E-state index >= 15 is 0 Å². The van der Waals surface area contributed by atoms with E-state index in [2.05, 4.69) is 10.3 Å². The van der Waals surface area contributed by atoms with E-state index in [9.17, 15) is 14.3 Å². The van der Waals surface area contributed by atoms with Gasteiger partial charge in [0.05, 0.1) is 6.42 Å². The zero-order chi connectivity index (χ0) is 13.0. The number of phenolic OH excluding ortho intramolecular Hbond substituents is 1. The number of halogens is 1. The number of hydrogen-bond donors (Lipinski definition) is 2. The third-order valence-electron chi connectivity index (χ3n) is 2.33. The van der Waals surface area contributed by atoms with Crippen molar-refractivity contribution in [1.82, 2.24) is 4.98 Å². The zero-order valence-electron chi connectivity index (χ0n) is 9.43. The number of carbonyl (C=O) groups is 1. The molecule has 1 aromatic heterocycles. The second-order valence-corrected chi connectivity index (χ2v) is 3.70. The van der Waals surface area contributed by atoms with E-state index < -0.39 is 5.95 Å². The number of anilines is 1. The van der Waals surface area contributed by atoms with Gasteiger partial charge < -0.3 is 10.4 Å². The predicted octanol–water partition coefficient (Wildman–Crippen LogP) is 2.11. The molecule has 18 heavy (non-hydrogen) atoms. The lowest BCUT2D eigenvalue weighted by molar-refractivity contribution is -0.115. The standard InChI is InChI=1S/C13H11FN2O2/c14-11-6-3-7-12(15-11)16-13(18)8-9-4-1-2-5-10(9)17/h1-7,17H,8H2,(H,15,16,18). The molecule has 0 radical (unpaired) electrons. The van der Waals surface area contributed by atoms with Gasteiger partial charge in [-0.05, 0) is 18.2 Å². The molecule has 0 aliphatic heterocycles. The van der Waals surface area contributed by atoms with Crippen molar-refractivity contribution in [1.29, 1.82) is 0 Å². The Morgan fingerprint density at radius 2 is 2.00 bits per heavy atom. The molecule has 2 aromatic rings. The summed E-state index contributed by atoms with van der Waals surface area (Å²) in [5, 5.41) is 12.0. The summed E-state index contributed by atoms with van der Waals surface area (Å²) in [6, 6.07) is 10.7. The first-order valence-corrected chi connectivity index (χ1v) is 5.34. The Bertz CT molecular complexity index is 572. The summed E-state index contributed by atoms with van der Waals surface area (Å²) in [4.78, 5) is 15.2. The highest BCUT2D eigenvalue weighted by Crippen LogP contribution is 2.16. The molecule has 4 nitrogen and oxygen atoms in total. The van der Waals surface area contributed by atoms with E-state index in [0.717, 1.165) is 0 Å². The Labute approximate surface area is 103 Å². The van der Waals surface area contributed by atoms with Crippen LogP contribution in [-0.2, 0) is 11.2 Å². The van der Waals surface area contributed by atoms with E-state index in [4.69, 9.17) is 0 Å². The van der Waals surface area contributed by atoms with Crippen LogP contribution in [0.4, 0.5) is 10.2 Å². The minimum absolute atomic E-state index is 0.00483. The van der Waals surface area contributed by atoms with Crippen molar-refractivity contribution in [2.75, 3.05) is 5.32 Å². The number of aromatic nitrogens is 1. The Kier molecular flexibility index (Phi) is 3.52. The first-order chi connectivity index (χ1) is 8.65. The highest BCUT2D eigenvalue weighted by atomic mass is 19.1. The molecule has 0 aliphatic carbocycles. The fraction of sp³-hybridized carbons (Fsp3) is 0.0769. The third-order valence-corrected chi connectivity index (χ3v) is 2.33. The summed E-state index contributed by atoms with van der Waals surface area (Å²) in [7, 11) is 0. The molecule has 1 aromatic carbocycles. The molecule has 0 bridgehead atoms. The average Bonchev–Trinajstić information content (AvgIpc) is 2.32. The topological polar surface area (TPSA) is 62.2 Å². The minimum Gasteiger partial charge on any atom is -0.508 e. The van der Waals surface area contributed by atoms with Gasteiger partial charge in [-0.3, -0.25) is 4.79 Å². The summed E-state index contributed by atoms with van der Waals surface area (Å²) in [5.41, 5.74) is 0.506. The van der Waals surface area contributed by atoms with Gasteiger partial charge in [0.2, 0.25) is 11.9 Å². The van der Waals surface area contributed by atoms with E-state index in [1.165, 1.54) is 24.3 Å². The quantitative estimate of drug-likeness (QED) is 0.815. The molecule has 92 valence electrons. The van der Waals surface area contributed by atoms with Crippen molar-refractivity contribution in [3.05, 3.63) is 54.0 Å². The fourth-order valence-electron chi connectivity index (χ4n) is 1.50. The van der Waals surface area contributed by atoms with Crippen LogP contribution >= 0.6 is 0 Å². The van der Waals surface area contributed by atoms with E-state index in [1.807, 2.05) is 0 Å². The Morgan fingerprint density at radius 3 is 2.72 bits per heavy atom. The van der Waals surface area contributed by atoms with Gasteiger partial charge in [-0.15, -0.1) is 0 Å². The minimum atomic E-state index is -0.657. The van der Waals surface area contributed by atoms with E-state index in [1.54, 1.807) is 18.2 Å². The zero-order valence-corrected chi connectivity index (χ0v) is 9.43. The lowest BCUT2D eigenvalue weighted by Gasteiger charge is -2.05. The molecule has 0 saturated heterocycles. The number of para-hydroxylation sites is 1. The van der Waals surface area contributed by atoms with Crippen LogP contribution in [0, 0.1) is 5.95 Å². The second kappa shape index (κ2) is 5.27. The van der Waals surface area contributed by atoms with Crippen LogP contribution < -0.4 is 5.32 Å². The van der Waals surface area contributed by atoms with Crippen molar-refractivity contribution in [2.45, 2.75) is 6.42 Å². The Hall–Kier alpha value is -2.43. The van der Waals surface area contributed by atoms with Crippen molar-refractivity contribution in [3.63, 3.8) is 0 Å². The van der Waals surface area contributed by atoms with Gasteiger partial charge >= 0.3 is 0 Å². The molecule has 1 heterocycles. The first-order valence-electron chi connectivity index (χ1n) is 5.34. The van der Waals surface area contributed by atoms with Gasteiger partial charge in [0.1, 0.15) is 11.6 Å². The molecule has 2 rings (SSSR count). The highest BCUT2D eigenvalue weighted by Gasteiger charge is 2.08. The van der Waals surface area contributed by atoms with Crippen LogP contribution in [0.2, 0.25) is 0 Å². The summed E-state index contributed by atoms with van der Waals surface area (Å²) in [6.45, 7) is 0. The molecule has 5 heteroatoms. The number of benzene rings is 1. The number of nitrogens with one attached hydrogen (secondary N) is 1. The lowest BCUT2D eigenvalue weighted by Crippen LogP contribution is -2.15. The first kappa shape index (κ1) is 12.0. The highest BCUT2D eigenvalue weighted by molar-refractivity contribution is 5.91. The number of phenols is 1. The Balaban J connectivity index is 2.03. The second-order valence-electron chi connectivity index (χ2n) is 3.70. The molecule has 0 unspecified atom stereocenters. The number of nitrogens with zero attached hydrogens (tertiary/aromatic N) is 1. The molecule has 0 aliphatic rings. The van der Waals surface area contributed by atoms with Crippen molar-refractivity contribution in [3.8, 4) is 5.75 Å². The number of aromatic hydroxyl groups is 1. The fourth-order valence-corrected chi connectivity index (χ4v) is 1.50. The van der Waals surface area contributed by atoms with Gasteiger partial charge in [0.15, 0.2) is 0 Å². The average molecular weight is 246 g/mol. The molecule has 0 atom stereocenters. The van der Waals surface area contributed by atoms with Crippen molar-refractivity contribution in [2.24, 2.45) is 0 Å². The molecule has 0 fully saturated rings. The maximum Gasteiger partial charge on any atom is 0.230 e. The number of carbonyl (C=O) groups excluding carboxylic acids is 1. The summed E-state index contributed by atoms with van der Waals surface area (Å²) in [6.07, 6.45) is 0.00483. The van der Waals surface area contributed by atoms with Crippen LogP contribution in [0.5, 0.6) is 5.75 Å². The molecule has 1 amide bonds. The maximum absolute atomic E-state index is 12.8. The monoisotopic (exact) mass is 246 g/mol. The molecular formula is C13H11FN2O2. The van der Waals surface area contributed by atoms with Crippen LogP contribution in [0.1, 0.15) is 5.56 Å². The van der Waals surface area contributed by atoms with Crippen LogP contribution in [0.15, 0.2) is 42.5 Å². The van der Waals surface area contributed by atoms with Gasteiger partial charge in [0, 0.05) is 5.56 Å². The smallest absolute Gasteiger partial charge is 0.230 e. The van der Waals surface area contributed by atoms with Crippen LogP contribution in [-0.4, -0.2) is 16.0 Å². The summed E-state index contributed by atoms with van der Waals surface area (Å²) >= 11 is 0. The number of pyridine rings is 1. The van der Waals surface area contributed by atoms with Gasteiger partial charge in [-0.25, -0.2) is 4.98 Å². The summed E-state index contributed by atoms with van der Waals surface area (Å²) in [5.74, 6) is -0.819. The van der Waals surface area contributed by atoms with Crippen LogP contribution in [0.3, 0.4) is 0 Å². The molecule has 0 spiro atoms. The molecule has 2 N–H and O–H groups in total. The van der Waals surface area contributed by atoms with Crippen molar-refractivity contribution < 1.29 is 14.3 Å². The maximum atomic E-state index is 12.8. The van der Waals surface area contributed by atoms with Gasteiger partial charge in [-0.2, -0.15) is 4.39 Å². The van der Waals surface area contributed by atoms with Gasteiger partial charge in [-0.1, -0.05) is 24.3 Å². The lowest BCUT2D eigenvalue weighted by atomic mass is 10.1. The number of hydrogen-bond acceptors (Lipinski definition) is 3. The number of amides is 1. The normalized spacial score (nSPS) is 10.1. The summed E-state index contributed by atoms with van der Waals surface area (Å²) < 4.78 is 12.8. The van der Waals surface area contributed by atoms with Crippen molar-refractivity contribution >= 4 is 11.7 Å². The third kappa shape index (κ3) is 3.04. The largest absolute Gasteiger partial charge is 0.508 e. The number of rotatable bonds is 3. The van der Waals surface area contributed by atoms with Gasteiger partial charge in [0.25, 0.3) is 0 Å².